The van der Waals surface area contributed by atoms with Crippen molar-refractivity contribution < 1.29 is 4.39 Å². The monoisotopic (exact) mass is 310 g/mol. The fraction of sp³-hybridized carbons (Fsp3) is 0.267. The van der Waals surface area contributed by atoms with Gasteiger partial charge in [-0.25, -0.2) is 4.39 Å². The van der Waals surface area contributed by atoms with Crippen LogP contribution in [-0.4, -0.2) is 17.3 Å². The summed E-state index contributed by atoms with van der Waals surface area (Å²) in [5, 5.41) is 4.02. The van der Waals surface area contributed by atoms with E-state index in [1.165, 1.54) is 6.20 Å². The Kier molecular flexibility index (Phi) is 5.83. The lowest BCUT2D eigenvalue weighted by Crippen LogP contribution is -2.24. The van der Waals surface area contributed by atoms with Gasteiger partial charge in [-0.3, -0.25) is 4.98 Å². The quantitative estimate of drug-likeness (QED) is 0.804. The van der Waals surface area contributed by atoms with Gasteiger partial charge in [0.15, 0.2) is 0 Å². The van der Waals surface area contributed by atoms with Crippen LogP contribution in [0.15, 0.2) is 47.6 Å². The van der Waals surface area contributed by atoms with Gasteiger partial charge in [-0.15, -0.1) is 11.8 Å². The topological polar surface area (TPSA) is 24.9 Å². The summed E-state index contributed by atoms with van der Waals surface area (Å²) in [4.78, 5) is 4.80. The highest BCUT2D eigenvalue weighted by molar-refractivity contribution is 7.99. The molecule has 5 heteroatoms. The lowest BCUT2D eigenvalue weighted by Gasteiger charge is -2.18. The highest BCUT2D eigenvalue weighted by atomic mass is 35.5. The van der Waals surface area contributed by atoms with Crippen molar-refractivity contribution in [2.45, 2.75) is 17.9 Å². The van der Waals surface area contributed by atoms with E-state index in [1.54, 1.807) is 24.0 Å². The molecule has 1 unspecified atom stereocenters. The lowest BCUT2D eigenvalue weighted by atomic mass is 10.1. The van der Waals surface area contributed by atoms with Crippen LogP contribution in [0.1, 0.15) is 18.5 Å². The minimum absolute atomic E-state index is 0.0655. The van der Waals surface area contributed by atoms with Crippen molar-refractivity contribution in [3.05, 3.63) is 59.1 Å². The van der Waals surface area contributed by atoms with Gasteiger partial charge in [0, 0.05) is 28.5 Å². The molecule has 0 aliphatic heterocycles. The fourth-order valence-electron chi connectivity index (χ4n) is 1.91. The predicted molar refractivity (Wildman–Crippen MR) is 82.8 cm³/mol. The average Bonchev–Trinajstić information content (AvgIpc) is 2.46. The van der Waals surface area contributed by atoms with E-state index in [4.69, 9.17) is 11.6 Å². The number of rotatable bonds is 6. The second kappa shape index (κ2) is 7.62. The molecule has 1 aromatic heterocycles. The van der Waals surface area contributed by atoms with E-state index in [1.807, 2.05) is 31.2 Å². The van der Waals surface area contributed by atoms with Gasteiger partial charge in [0.25, 0.3) is 0 Å². The Morgan fingerprint density at radius 1 is 1.35 bits per heavy atom. The van der Waals surface area contributed by atoms with Crippen molar-refractivity contribution in [2.24, 2.45) is 0 Å². The number of pyridine rings is 1. The molecule has 0 aliphatic rings. The molecule has 20 heavy (non-hydrogen) atoms. The maximum absolute atomic E-state index is 13.8. The zero-order valence-electron chi connectivity index (χ0n) is 11.1. The summed E-state index contributed by atoms with van der Waals surface area (Å²) >= 11 is 7.75. The minimum atomic E-state index is -0.279. The van der Waals surface area contributed by atoms with E-state index in [9.17, 15) is 4.39 Å². The Bertz CT molecular complexity index is 565. The van der Waals surface area contributed by atoms with Crippen molar-refractivity contribution in [1.29, 1.82) is 0 Å². The number of hydrogen-bond donors (Lipinski definition) is 1. The Balaban J connectivity index is 2.11. The molecule has 0 spiro atoms. The molecule has 0 amide bonds. The van der Waals surface area contributed by atoms with Crippen LogP contribution in [0.5, 0.6) is 0 Å². The summed E-state index contributed by atoms with van der Waals surface area (Å²) in [5.74, 6) is 0.427. The maximum atomic E-state index is 13.8. The number of halogens is 2. The smallest absolute Gasteiger partial charge is 0.146 e. The van der Waals surface area contributed by atoms with Crippen molar-refractivity contribution in [1.82, 2.24) is 10.3 Å². The van der Waals surface area contributed by atoms with Crippen LogP contribution in [0.3, 0.4) is 0 Å². The third-order valence-corrected chi connectivity index (χ3v) is 4.48. The number of thioether (sulfide) groups is 1. The van der Waals surface area contributed by atoms with Crippen molar-refractivity contribution in [2.75, 3.05) is 12.3 Å². The first-order chi connectivity index (χ1) is 9.72. The number of aromatic nitrogens is 1. The van der Waals surface area contributed by atoms with E-state index in [-0.39, 0.29) is 11.9 Å². The fourth-order valence-corrected chi connectivity index (χ4v) is 3.23. The molecule has 106 valence electrons. The van der Waals surface area contributed by atoms with Crippen LogP contribution in [0.4, 0.5) is 4.39 Å². The minimum Gasteiger partial charge on any atom is -0.309 e. The molecule has 1 atom stereocenters. The van der Waals surface area contributed by atoms with Gasteiger partial charge >= 0.3 is 0 Å². The van der Waals surface area contributed by atoms with Gasteiger partial charge in [-0.05, 0) is 24.7 Å². The molecular formula is C15H16ClFN2S. The van der Waals surface area contributed by atoms with Gasteiger partial charge in [-0.2, -0.15) is 0 Å². The SMILES string of the molecule is CCNC(CSc1ccccc1Cl)c1ccncc1F. The molecule has 1 aromatic carbocycles. The van der Waals surface area contributed by atoms with Crippen LogP contribution in [-0.2, 0) is 0 Å². The summed E-state index contributed by atoms with van der Waals surface area (Å²) in [7, 11) is 0. The zero-order valence-corrected chi connectivity index (χ0v) is 12.7. The third kappa shape index (κ3) is 3.95. The highest BCUT2D eigenvalue weighted by Gasteiger charge is 2.15. The van der Waals surface area contributed by atoms with Crippen LogP contribution >= 0.6 is 23.4 Å². The summed E-state index contributed by atoms with van der Waals surface area (Å²) < 4.78 is 13.8. The van der Waals surface area contributed by atoms with Crippen LogP contribution in [0, 0.1) is 5.82 Å². The van der Waals surface area contributed by atoms with Gasteiger partial charge in [-0.1, -0.05) is 30.7 Å². The van der Waals surface area contributed by atoms with E-state index in [2.05, 4.69) is 10.3 Å². The molecule has 2 nitrogen and oxygen atoms in total. The molecule has 0 saturated carbocycles. The predicted octanol–water partition coefficient (Wildman–Crippen LogP) is 4.32. The second-order valence-electron chi connectivity index (χ2n) is 4.25. The van der Waals surface area contributed by atoms with Crippen molar-refractivity contribution >= 4 is 23.4 Å². The third-order valence-electron chi connectivity index (χ3n) is 2.87. The van der Waals surface area contributed by atoms with E-state index >= 15 is 0 Å². The van der Waals surface area contributed by atoms with Crippen LogP contribution in [0.25, 0.3) is 0 Å². The first-order valence-electron chi connectivity index (χ1n) is 6.42. The van der Waals surface area contributed by atoms with Gasteiger partial charge < -0.3 is 5.32 Å². The Hall–Kier alpha value is -1.10. The number of nitrogens with one attached hydrogen (secondary N) is 1. The summed E-state index contributed by atoms with van der Waals surface area (Å²) in [6, 6.07) is 9.33. The Morgan fingerprint density at radius 3 is 2.85 bits per heavy atom. The molecule has 1 N–H and O–H groups in total. The molecule has 0 radical (unpaired) electrons. The number of hydrogen-bond acceptors (Lipinski definition) is 3. The molecule has 0 saturated heterocycles. The average molecular weight is 311 g/mol. The molecule has 0 aliphatic carbocycles. The van der Waals surface area contributed by atoms with Crippen LogP contribution in [0.2, 0.25) is 5.02 Å². The molecule has 0 bridgehead atoms. The number of benzene rings is 1. The van der Waals surface area contributed by atoms with Crippen molar-refractivity contribution in [3.8, 4) is 0 Å². The summed E-state index contributed by atoms with van der Waals surface area (Å²) in [6.45, 7) is 2.78. The highest BCUT2D eigenvalue weighted by Crippen LogP contribution is 2.30. The van der Waals surface area contributed by atoms with Crippen molar-refractivity contribution in [3.63, 3.8) is 0 Å². The standard InChI is InChI=1S/C15H16ClFN2S/c1-2-19-14(11-7-8-18-9-13(11)17)10-20-15-6-4-3-5-12(15)16/h3-9,14,19H,2,10H2,1H3. The molecule has 0 fully saturated rings. The second-order valence-corrected chi connectivity index (χ2v) is 5.72. The first-order valence-corrected chi connectivity index (χ1v) is 7.79. The number of nitrogens with zero attached hydrogens (tertiary/aromatic N) is 1. The van der Waals surface area contributed by atoms with Gasteiger partial charge in [0.05, 0.1) is 11.2 Å². The molecule has 2 rings (SSSR count). The first kappa shape index (κ1) is 15.3. The Labute approximate surface area is 127 Å². The van der Waals surface area contributed by atoms with Crippen LogP contribution < -0.4 is 5.32 Å². The summed E-state index contributed by atoms with van der Waals surface area (Å²) in [5.41, 5.74) is 0.640. The summed E-state index contributed by atoms with van der Waals surface area (Å²) in [6.07, 6.45) is 2.86. The largest absolute Gasteiger partial charge is 0.309 e. The molecule has 1 heterocycles. The normalized spacial score (nSPS) is 12.3. The Morgan fingerprint density at radius 2 is 2.15 bits per heavy atom. The molecular weight excluding hydrogens is 295 g/mol. The molecule has 2 aromatic rings. The van der Waals surface area contributed by atoms with E-state index in [0.717, 1.165) is 16.5 Å². The lowest BCUT2D eigenvalue weighted by molar-refractivity contribution is 0.541. The van der Waals surface area contributed by atoms with E-state index < -0.39 is 0 Å². The van der Waals surface area contributed by atoms with Gasteiger partial charge in [0.1, 0.15) is 5.82 Å². The zero-order chi connectivity index (χ0) is 14.4. The van der Waals surface area contributed by atoms with E-state index in [0.29, 0.717) is 11.3 Å². The maximum Gasteiger partial charge on any atom is 0.146 e. The van der Waals surface area contributed by atoms with Gasteiger partial charge in [0.2, 0.25) is 0 Å².